The van der Waals surface area contributed by atoms with Crippen LogP contribution in [0.4, 0.5) is 32.3 Å². The summed E-state index contributed by atoms with van der Waals surface area (Å²) in [4.78, 5) is 130. The third kappa shape index (κ3) is 28.2. The molecular formula is C95H150ClF3N14O22Si2. The molecule has 0 spiro atoms. The smallest absolute Gasteiger partial charge is 0.420 e. The fraction of sp³-hybridized carbons (Fsp3) is 0.747. The van der Waals surface area contributed by atoms with Gasteiger partial charge in [0.25, 0.3) is 17.6 Å². The number of nitrogens with one attached hydrogen (secondary N) is 3. The minimum absolute atomic E-state index is 0. The molecule has 6 amide bonds. The number of nitrogens with zero attached hydrogens (tertiary/aromatic N) is 9. The molecular weight excluding hydrogens is 1840 g/mol. The molecule has 24 atom stereocenters. The van der Waals surface area contributed by atoms with Crippen LogP contribution >= 0.6 is 12.4 Å². The quantitative estimate of drug-likeness (QED) is 0.0185. The summed E-state index contributed by atoms with van der Waals surface area (Å²) in [5.74, 6) is -1.36. The van der Waals surface area contributed by atoms with Gasteiger partial charge in [0.05, 0.1) is 75.9 Å². The number of amides is 6. The number of rotatable bonds is 15. The number of pyridine rings is 1. The maximum atomic E-state index is 13.8. The van der Waals surface area contributed by atoms with Crippen LogP contribution in [0, 0.1) is 88.5 Å². The number of likely N-dealkylation sites (N-methyl/N-ethyl adjacent to an activating group) is 1. The summed E-state index contributed by atoms with van der Waals surface area (Å²) in [5.41, 5.74) is 22.8. The summed E-state index contributed by atoms with van der Waals surface area (Å²) in [6.45, 7) is 43.7. The first-order valence-corrected chi connectivity index (χ1v) is 52.1. The number of methoxy groups -OCH3 is 3. The minimum Gasteiger partial charge on any atom is -0.503 e. The number of aromatic hydroxyl groups is 1. The van der Waals surface area contributed by atoms with Gasteiger partial charge in [-0.05, 0) is 278 Å². The number of carbonyl (C=O) groups is 8. The fourth-order valence-corrected chi connectivity index (χ4v) is 21.8. The fourth-order valence-electron chi connectivity index (χ4n) is 19.1. The van der Waals surface area contributed by atoms with E-state index in [0.717, 1.165) is 96.0 Å². The molecule has 137 heavy (non-hydrogen) atoms. The molecule has 9 N–H and O–H groups in total. The number of aliphatic hydroxyl groups excluding tert-OH is 1. The van der Waals surface area contributed by atoms with Gasteiger partial charge in [-0.3, -0.25) is 19.2 Å². The average molecular weight is 1990 g/mol. The molecule has 12 aliphatic carbocycles. The molecule has 13 aliphatic rings. The highest BCUT2D eigenvalue weighted by molar-refractivity contribution is 6.74. The van der Waals surface area contributed by atoms with Crippen LogP contribution in [0.2, 0.25) is 36.3 Å². The Bertz CT molecular complexity index is 5060. The molecule has 2 aromatic heterocycles. The Hall–Kier alpha value is -9.19. The number of aromatic nitrogens is 1. The van der Waals surface area contributed by atoms with E-state index in [1.165, 1.54) is 42.0 Å². The van der Waals surface area contributed by atoms with Crippen molar-refractivity contribution in [3.8, 4) is 11.5 Å². The minimum atomic E-state index is -2.07. The molecule has 0 saturated heterocycles. The van der Waals surface area contributed by atoms with Crippen molar-refractivity contribution >= 4 is 77.2 Å². The summed E-state index contributed by atoms with van der Waals surface area (Å²) < 4.78 is 95.2. The van der Waals surface area contributed by atoms with Gasteiger partial charge in [0, 0.05) is 65.4 Å². The maximum absolute atomic E-state index is 13.8. The number of fused-ring (bicyclic) bond motifs is 10. The standard InChI is InChI=1S/C22H41NO5Si.C21H18F3N3O4.C12H25NOSi.C11H18N4O2.C11H19NO3.C10H10O7.C6H10N4.2CH4.ClH/c1-20(2,3)26-18(24)23(19(25)27-21(4,5)6)16-13-14-12-15(14)17(16)28-29(10,11)22(7,8)9;1-26-16-10-2-8(10)3-15(16)27-7-12(18(28)19(29)17(27)21(26)31)20(30)25-6-11-13(23)4-9(22)5-14(11)24;1-12(2,3)15(4,5)14-11-9-6-8(9)7-10(11)13;1-11(2,3)17-10(16)13-8-5-6-4-7(6)9(8)14-15-12;1-11(2,3)15-10(14)12-8-5-6-4-7(6)9(8)13;1-14-7-6(11)5(9(12)15-2)4-17-8(7)10(13)16-3;7-5-2-3-1-4(3)6(5)9-10-8;;;/h14-17H,12-13H2,1-11H3;4-5,7-8,10,15-16,29H,2-3,6H2,1H3,(H,25,30);8-11H,6-7,13H2,1-5H3;6-9H,4-5H2,1-3H3,(H,13,16);6-9,13H,4-5H2,1-3H3,(H,12,14);4H,1-3H3;3-6H,1-2,7H2;2*1H4;1H/t14-,15-,16-,17-;8-,10-,15-,16+;8-,9-,10-,11-;6-,7-,8-,9+;6-,7-,8-,9-;;3-,4-,5-,6+;;;/m00000.0.../s1. The second kappa shape index (κ2) is 43.9. The molecule has 42 heteroatoms. The highest BCUT2D eigenvalue weighted by atomic mass is 35.5. The molecule has 16 rings (SSSR count). The Morgan fingerprint density at radius 1 is 0.569 bits per heavy atom. The van der Waals surface area contributed by atoms with E-state index in [0.29, 0.717) is 82.6 Å². The van der Waals surface area contributed by atoms with Crippen LogP contribution in [0.3, 0.4) is 0 Å². The van der Waals surface area contributed by atoms with Gasteiger partial charge in [0.2, 0.25) is 16.6 Å². The zero-order valence-electron chi connectivity index (χ0n) is 82.6. The van der Waals surface area contributed by atoms with E-state index < -0.39 is 150 Å². The number of halogens is 4. The van der Waals surface area contributed by atoms with E-state index in [-0.39, 0.29) is 104 Å². The van der Waals surface area contributed by atoms with Gasteiger partial charge < -0.3 is 93.5 Å². The van der Waals surface area contributed by atoms with Crippen molar-refractivity contribution in [2.45, 2.75) is 354 Å². The number of aliphatic hydroxyl groups is 1. The Labute approximate surface area is 810 Å². The van der Waals surface area contributed by atoms with Crippen molar-refractivity contribution in [3.05, 3.63) is 112 Å². The summed E-state index contributed by atoms with van der Waals surface area (Å²) in [5, 5.41) is 35.8. The number of imide groups is 1. The second-order valence-corrected chi connectivity index (χ2v) is 54.5. The van der Waals surface area contributed by atoms with Crippen molar-refractivity contribution in [1.29, 1.82) is 0 Å². The molecule has 0 bridgehead atoms. The number of alkyl carbamates (subject to hydrolysis) is 2. The lowest BCUT2D eigenvalue weighted by molar-refractivity contribution is -0.0215. The molecule has 36 nitrogen and oxygen atoms in total. The number of carbonyl (C=O) groups excluding carboxylic acids is 8. The summed E-state index contributed by atoms with van der Waals surface area (Å²) >= 11 is 0. The van der Waals surface area contributed by atoms with E-state index in [1.54, 1.807) is 53.5 Å². The molecule has 12 fully saturated rings. The molecule has 1 aromatic carbocycles. The molecule has 3 heterocycles. The highest BCUT2D eigenvalue weighted by Crippen LogP contribution is 2.61. The highest BCUT2D eigenvalue weighted by Gasteiger charge is 2.63. The number of nitrogens with two attached hydrogens (primary N) is 2. The number of ether oxygens (including phenoxy) is 7. The zero-order chi connectivity index (χ0) is 100. The largest absolute Gasteiger partial charge is 0.503 e. The van der Waals surface area contributed by atoms with Crippen LogP contribution in [0.5, 0.6) is 11.5 Å². The van der Waals surface area contributed by atoms with Crippen LogP contribution < -0.4 is 43.0 Å². The first-order valence-electron chi connectivity index (χ1n) is 46.3. The Morgan fingerprint density at radius 2 is 1.00 bits per heavy atom. The molecule has 768 valence electrons. The van der Waals surface area contributed by atoms with Crippen molar-refractivity contribution in [2.75, 3.05) is 28.4 Å². The van der Waals surface area contributed by atoms with Gasteiger partial charge in [-0.25, -0.2) is 46.8 Å². The summed E-state index contributed by atoms with van der Waals surface area (Å²) in [7, 11) is 1.37. The van der Waals surface area contributed by atoms with Crippen LogP contribution in [0.1, 0.15) is 270 Å². The molecule has 0 radical (unpaired) electrons. The van der Waals surface area contributed by atoms with Crippen molar-refractivity contribution in [3.63, 3.8) is 0 Å². The number of benzene rings is 1. The number of esters is 2. The monoisotopic (exact) mass is 1990 g/mol. The van der Waals surface area contributed by atoms with Crippen LogP contribution in [0.15, 0.2) is 48.8 Å². The van der Waals surface area contributed by atoms with Crippen molar-refractivity contribution < 1.29 is 108 Å². The van der Waals surface area contributed by atoms with E-state index >= 15 is 0 Å². The van der Waals surface area contributed by atoms with Crippen LogP contribution in [-0.2, 0) is 43.8 Å². The van der Waals surface area contributed by atoms with E-state index in [2.05, 4.69) is 113 Å². The second-order valence-electron chi connectivity index (χ2n) is 45.0. The lowest BCUT2D eigenvalue weighted by Crippen LogP contribution is -2.55. The van der Waals surface area contributed by atoms with Crippen LogP contribution in [-0.4, -0.2) is 207 Å². The van der Waals surface area contributed by atoms with E-state index in [4.69, 9.17) is 59.5 Å². The number of azide groups is 2. The SMILES string of the molecule is C.C.CC(C)(C)OC(=O)N(C(=O)OC(C)(C)C)[C@H]1C[C@@H]2C[C@@H]2[C@@H]1O[Si](C)(C)C(C)(C)C.CC(C)(C)OC(=O)N[C@H]1C[C@@H]2C[C@@H]2[C@@H]1O.CC(C)(C)OC(=O)N[C@H]1C[C@@H]2C[C@@H]2[C@H]1N=[N+]=[N-].CC(C)(C)[Si](C)(C)O[C@H]1[C@H]2C[C@H]2C[C@@H]1N.CN1C(=O)c2c(O)c(=O)c(C(=O)NCc3c(F)cc(F)cc3F)cn2[C@H]2C[C@@H]3C[C@@H]3[C@H]21.COC(=O)c1occ(C(=O)OC)c(=O)c1OC.Cl.[N-]=[N+]=N[C@@H]1[C@H]2C[C@H]2C[C@@H]1N. The van der Waals surface area contributed by atoms with E-state index in [9.17, 15) is 71.3 Å². The third-order valence-corrected chi connectivity index (χ3v) is 37.2. The van der Waals surface area contributed by atoms with Crippen molar-refractivity contribution in [2.24, 2.45) is 92.7 Å². The predicted octanol–water partition coefficient (Wildman–Crippen LogP) is 17.5. The van der Waals surface area contributed by atoms with Crippen LogP contribution in [0.25, 0.3) is 20.9 Å². The molecule has 1 aliphatic heterocycles. The lowest BCUT2D eigenvalue weighted by atomic mass is 9.99. The molecule has 12 saturated carbocycles. The van der Waals surface area contributed by atoms with Gasteiger partial charge in [-0.2, -0.15) is 0 Å². The lowest BCUT2D eigenvalue weighted by Gasteiger charge is -2.42. The first kappa shape index (κ1) is 115. The molecule has 0 unspecified atom stereocenters. The van der Waals surface area contributed by atoms with Gasteiger partial charge in [-0.1, -0.05) is 66.6 Å². The first-order chi connectivity index (χ1) is 61.9. The van der Waals surface area contributed by atoms with Gasteiger partial charge >= 0.3 is 36.3 Å². The zero-order valence-corrected chi connectivity index (χ0v) is 85.5. The van der Waals surface area contributed by atoms with Crippen molar-refractivity contribution in [1.82, 2.24) is 30.3 Å². The Kier molecular flexibility index (Phi) is 36.8. The topological polar surface area (TPSA) is 504 Å². The number of hydrogen-bond acceptors (Lipinski definition) is 26. The van der Waals surface area contributed by atoms with E-state index in [1.807, 2.05) is 41.5 Å². The summed E-state index contributed by atoms with van der Waals surface area (Å²) in [6, 6.07) is 0.646. The van der Waals surface area contributed by atoms with Gasteiger partial charge in [0.15, 0.2) is 28.1 Å². The maximum Gasteiger partial charge on any atom is 0.420 e. The Morgan fingerprint density at radius 3 is 1.46 bits per heavy atom. The van der Waals surface area contributed by atoms with Gasteiger partial charge in [0.1, 0.15) is 57.2 Å². The van der Waals surface area contributed by atoms with Gasteiger partial charge in [-0.15, -0.1) is 12.4 Å². The Balaban J connectivity index is 0.000000223. The normalized spacial score (nSPS) is 29.3. The number of hydrogen-bond donors (Lipinski definition) is 7. The molecule has 3 aromatic rings. The summed E-state index contributed by atoms with van der Waals surface area (Å²) in [6.07, 6.45) is 12.3. The third-order valence-electron chi connectivity index (χ3n) is 28.3. The predicted molar refractivity (Wildman–Crippen MR) is 513 cm³/mol. The average Bonchev–Trinajstić information content (AvgIpc) is 1.53.